The summed E-state index contributed by atoms with van der Waals surface area (Å²) in [7, 11) is 1.79. The van der Waals surface area contributed by atoms with E-state index in [0.717, 1.165) is 5.39 Å². The molecule has 9 nitrogen and oxygen atoms in total. The van der Waals surface area contributed by atoms with Crippen LogP contribution in [0.2, 0.25) is 0 Å². The summed E-state index contributed by atoms with van der Waals surface area (Å²) in [5.41, 5.74) is 3.00. The first-order chi connectivity index (χ1) is 9.19. The zero-order valence-electron chi connectivity index (χ0n) is 10.4. The van der Waals surface area contributed by atoms with Crippen molar-refractivity contribution < 1.29 is 4.79 Å². The summed E-state index contributed by atoms with van der Waals surface area (Å²) in [4.78, 5) is 23.9. The number of anilines is 2. The number of rotatable bonds is 2. The molecule has 100 valence electrons. The fourth-order valence-corrected chi connectivity index (χ4v) is 2.06. The van der Waals surface area contributed by atoms with E-state index < -0.39 is 0 Å². The van der Waals surface area contributed by atoms with Gasteiger partial charge in [0, 0.05) is 20.1 Å². The van der Waals surface area contributed by atoms with Crippen LogP contribution in [0.3, 0.4) is 0 Å². The molecule has 0 unspecified atom stereocenters. The molecule has 1 amide bonds. The van der Waals surface area contributed by atoms with Gasteiger partial charge in [-0.25, -0.2) is 5.84 Å². The van der Waals surface area contributed by atoms with E-state index in [0.29, 0.717) is 24.6 Å². The quantitative estimate of drug-likeness (QED) is 0.465. The molecule has 0 spiro atoms. The maximum Gasteiger partial charge on any atom is 0.241 e. The summed E-state index contributed by atoms with van der Waals surface area (Å²) >= 11 is 0. The second-order valence-electron chi connectivity index (χ2n) is 4.38. The van der Waals surface area contributed by atoms with Gasteiger partial charge in [0.05, 0.1) is 18.1 Å². The summed E-state index contributed by atoms with van der Waals surface area (Å²) in [5, 5.41) is 7.50. The van der Waals surface area contributed by atoms with Crippen LogP contribution in [0.4, 0.5) is 11.8 Å². The normalized spacial score (nSPS) is 16.2. The van der Waals surface area contributed by atoms with Gasteiger partial charge >= 0.3 is 0 Å². The molecule has 1 aliphatic heterocycles. The number of piperazine rings is 1. The summed E-state index contributed by atoms with van der Waals surface area (Å²) in [6, 6.07) is 0. The van der Waals surface area contributed by atoms with Gasteiger partial charge in [-0.1, -0.05) is 0 Å². The number of amides is 1. The molecule has 2 aromatic heterocycles. The minimum Gasteiger partial charge on any atom is -0.345 e. The van der Waals surface area contributed by atoms with Gasteiger partial charge in [-0.15, -0.1) is 0 Å². The number of likely N-dealkylation sites (N-methyl/N-ethyl adjacent to an activating group) is 1. The molecule has 0 saturated carbocycles. The molecule has 2 aromatic rings. The molecule has 0 radical (unpaired) electrons. The first-order valence-corrected chi connectivity index (χ1v) is 5.85. The number of aromatic amines is 1. The van der Waals surface area contributed by atoms with Crippen LogP contribution in [0, 0.1) is 0 Å². The minimum atomic E-state index is 0.0590. The number of nitrogen functional groups attached to an aromatic ring is 1. The Hall–Kier alpha value is -2.42. The highest BCUT2D eigenvalue weighted by molar-refractivity contribution is 5.91. The second kappa shape index (κ2) is 4.35. The number of hydrogen-bond donors (Lipinski definition) is 3. The Morgan fingerprint density at radius 3 is 3.00 bits per heavy atom. The SMILES string of the molecule is CN1CCN(c2nc(NN)nc3[nH]ncc23)CC1=O. The van der Waals surface area contributed by atoms with Gasteiger partial charge in [-0.2, -0.15) is 15.1 Å². The third-order valence-electron chi connectivity index (χ3n) is 3.18. The number of aromatic nitrogens is 4. The van der Waals surface area contributed by atoms with Crippen molar-refractivity contribution in [3.63, 3.8) is 0 Å². The standard InChI is InChI=1S/C10H14N8O/c1-17-2-3-18(5-7(17)19)9-6-4-12-16-8(6)13-10(14-9)15-11/h4H,2-3,5,11H2,1H3,(H2,12,13,14,15,16). The number of carbonyl (C=O) groups excluding carboxylic acids is 1. The lowest BCUT2D eigenvalue weighted by molar-refractivity contribution is -0.129. The Kier molecular flexibility index (Phi) is 2.67. The molecular weight excluding hydrogens is 248 g/mol. The predicted octanol–water partition coefficient (Wildman–Crippen LogP) is -1.08. The fraction of sp³-hybridized carbons (Fsp3) is 0.400. The first kappa shape index (κ1) is 11.7. The van der Waals surface area contributed by atoms with Crippen LogP contribution in [0.1, 0.15) is 0 Å². The highest BCUT2D eigenvalue weighted by Gasteiger charge is 2.24. The second-order valence-corrected chi connectivity index (χ2v) is 4.38. The van der Waals surface area contributed by atoms with Gasteiger partial charge < -0.3 is 9.80 Å². The Morgan fingerprint density at radius 2 is 2.26 bits per heavy atom. The number of H-pyrrole nitrogens is 1. The monoisotopic (exact) mass is 262 g/mol. The van der Waals surface area contributed by atoms with Crippen molar-refractivity contribution in [2.24, 2.45) is 5.84 Å². The highest BCUT2D eigenvalue weighted by Crippen LogP contribution is 2.24. The van der Waals surface area contributed by atoms with Crippen molar-refractivity contribution in [3.8, 4) is 0 Å². The molecule has 1 fully saturated rings. The molecule has 9 heteroatoms. The molecule has 4 N–H and O–H groups in total. The van der Waals surface area contributed by atoms with Crippen molar-refractivity contribution in [1.82, 2.24) is 25.1 Å². The van der Waals surface area contributed by atoms with Crippen molar-refractivity contribution in [2.45, 2.75) is 0 Å². The number of hydrogen-bond acceptors (Lipinski definition) is 7. The Balaban J connectivity index is 2.03. The molecule has 1 saturated heterocycles. The van der Waals surface area contributed by atoms with E-state index >= 15 is 0 Å². The smallest absolute Gasteiger partial charge is 0.241 e. The molecule has 3 rings (SSSR count). The molecule has 0 atom stereocenters. The van der Waals surface area contributed by atoms with E-state index in [2.05, 4.69) is 25.6 Å². The van der Waals surface area contributed by atoms with E-state index in [1.165, 1.54) is 0 Å². The van der Waals surface area contributed by atoms with Gasteiger partial charge in [0.2, 0.25) is 11.9 Å². The van der Waals surface area contributed by atoms with Crippen LogP contribution in [0.15, 0.2) is 6.20 Å². The van der Waals surface area contributed by atoms with E-state index in [-0.39, 0.29) is 18.4 Å². The van der Waals surface area contributed by atoms with E-state index in [1.807, 2.05) is 4.90 Å². The largest absolute Gasteiger partial charge is 0.345 e. The average molecular weight is 262 g/mol. The number of carbonyl (C=O) groups is 1. The van der Waals surface area contributed by atoms with E-state index in [9.17, 15) is 4.79 Å². The molecule has 0 aliphatic carbocycles. The number of nitrogens with two attached hydrogens (primary N) is 1. The molecule has 3 heterocycles. The lowest BCUT2D eigenvalue weighted by Gasteiger charge is -2.32. The molecule has 0 bridgehead atoms. The van der Waals surface area contributed by atoms with E-state index in [4.69, 9.17) is 5.84 Å². The first-order valence-electron chi connectivity index (χ1n) is 5.85. The van der Waals surface area contributed by atoms with Crippen LogP contribution in [-0.2, 0) is 4.79 Å². The maximum absolute atomic E-state index is 11.8. The summed E-state index contributed by atoms with van der Waals surface area (Å²) in [6.45, 7) is 1.66. The summed E-state index contributed by atoms with van der Waals surface area (Å²) < 4.78 is 0. The molecule has 0 aromatic carbocycles. The predicted molar refractivity (Wildman–Crippen MR) is 69.3 cm³/mol. The Bertz CT molecular complexity index is 623. The third-order valence-corrected chi connectivity index (χ3v) is 3.18. The number of nitrogens with one attached hydrogen (secondary N) is 2. The van der Waals surface area contributed by atoms with E-state index in [1.54, 1.807) is 18.1 Å². The van der Waals surface area contributed by atoms with Crippen LogP contribution >= 0.6 is 0 Å². The van der Waals surface area contributed by atoms with Crippen molar-refractivity contribution >= 4 is 28.7 Å². The van der Waals surface area contributed by atoms with Crippen LogP contribution in [0.5, 0.6) is 0 Å². The van der Waals surface area contributed by atoms with Crippen molar-refractivity contribution in [2.75, 3.05) is 37.0 Å². The lowest BCUT2D eigenvalue weighted by Crippen LogP contribution is -2.49. The zero-order chi connectivity index (χ0) is 13.4. The number of fused-ring (bicyclic) bond motifs is 1. The summed E-state index contributed by atoms with van der Waals surface area (Å²) in [6.07, 6.45) is 1.65. The number of hydrazine groups is 1. The molecule has 1 aliphatic rings. The van der Waals surface area contributed by atoms with Crippen molar-refractivity contribution in [1.29, 1.82) is 0 Å². The van der Waals surface area contributed by atoms with Gasteiger partial charge in [-0.3, -0.25) is 15.3 Å². The third kappa shape index (κ3) is 1.93. The molecular formula is C10H14N8O. The topological polar surface area (TPSA) is 116 Å². The van der Waals surface area contributed by atoms with Gasteiger partial charge in [0.1, 0.15) is 5.82 Å². The van der Waals surface area contributed by atoms with Crippen LogP contribution in [-0.4, -0.2) is 57.7 Å². The number of nitrogens with zero attached hydrogens (tertiary/aromatic N) is 5. The summed E-state index contributed by atoms with van der Waals surface area (Å²) in [5.74, 6) is 6.36. The minimum absolute atomic E-state index is 0.0590. The highest BCUT2D eigenvalue weighted by atomic mass is 16.2. The van der Waals surface area contributed by atoms with Crippen molar-refractivity contribution in [3.05, 3.63) is 6.20 Å². The zero-order valence-corrected chi connectivity index (χ0v) is 10.4. The maximum atomic E-state index is 11.8. The fourth-order valence-electron chi connectivity index (χ4n) is 2.06. The van der Waals surface area contributed by atoms with Crippen LogP contribution < -0.4 is 16.2 Å². The Morgan fingerprint density at radius 1 is 1.42 bits per heavy atom. The average Bonchev–Trinajstić information content (AvgIpc) is 2.89. The lowest BCUT2D eigenvalue weighted by atomic mass is 10.3. The van der Waals surface area contributed by atoms with Crippen LogP contribution in [0.25, 0.3) is 11.0 Å². The Labute approximate surface area is 108 Å². The molecule has 19 heavy (non-hydrogen) atoms. The van der Waals surface area contributed by atoms with Gasteiger partial charge in [0.15, 0.2) is 5.65 Å². The van der Waals surface area contributed by atoms with Gasteiger partial charge in [-0.05, 0) is 0 Å². The van der Waals surface area contributed by atoms with Gasteiger partial charge in [0.25, 0.3) is 0 Å².